The SMILES string of the molecule is CCOC(=O)/C(C#N)=C(/N)NC(=O)c1ccccc1. The summed E-state index contributed by atoms with van der Waals surface area (Å²) in [5, 5.41) is 11.1. The molecule has 19 heavy (non-hydrogen) atoms. The molecule has 0 aliphatic rings. The molecule has 0 spiro atoms. The van der Waals surface area contributed by atoms with Crippen LogP contribution >= 0.6 is 0 Å². The van der Waals surface area contributed by atoms with Gasteiger partial charge in [-0.05, 0) is 19.1 Å². The van der Waals surface area contributed by atoms with Crippen LogP contribution < -0.4 is 11.1 Å². The van der Waals surface area contributed by atoms with Crippen LogP contribution in [0.4, 0.5) is 0 Å². The van der Waals surface area contributed by atoms with E-state index in [9.17, 15) is 9.59 Å². The molecule has 0 unspecified atom stereocenters. The summed E-state index contributed by atoms with van der Waals surface area (Å²) in [5.74, 6) is -1.69. The molecule has 1 aromatic rings. The zero-order valence-electron chi connectivity index (χ0n) is 10.3. The first-order chi connectivity index (χ1) is 9.10. The number of carbonyl (C=O) groups excluding carboxylic acids is 2. The maximum absolute atomic E-state index is 11.8. The van der Waals surface area contributed by atoms with E-state index >= 15 is 0 Å². The summed E-state index contributed by atoms with van der Waals surface area (Å²) in [7, 11) is 0. The average Bonchev–Trinajstić information content (AvgIpc) is 2.40. The fourth-order valence-electron chi connectivity index (χ4n) is 1.27. The minimum absolute atomic E-state index is 0.115. The molecule has 3 N–H and O–H groups in total. The van der Waals surface area contributed by atoms with Gasteiger partial charge >= 0.3 is 5.97 Å². The van der Waals surface area contributed by atoms with Gasteiger partial charge in [0.05, 0.1) is 6.61 Å². The van der Waals surface area contributed by atoms with Gasteiger partial charge < -0.3 is 15.8 Å². The lowest BCUT2D eigenvalue weighted by atomic mass is 10.2. The molecular weight excluding hydrogens is 246 g/mol. The van der Waals surface area contributed by atoms with Crippen LogP contribution in [-0.2, 0) is 9.53 Å². The summed E-state index contributed by atoms with van der Waals surface area (Å²) >= 11 is 0. The lowest BCUT2D eigenvalue weighted by molar-refractivity contribution is -0.138. The Morgan fingerprint density at radius 1 is 1.37 bits per heavy atom. The first-order valence-electron chi connectivity index (χ1n) is 5.53. The van der Waals surface area contributed by atoms with Crippen LogP contribution in [-0.4, -0.2) is 18.5 Å². The molecule has 1 amide bonds. The van der Waals surface area contributed by atoms with Gasteiger partial charge in [-0.15, -0.1) is 0 Å². The van der Waals surface area contributed by atoms with Gasteiger partial charge in [0.15, 0.2) is 5.57 Å². The van der Waals surface area contributed by atoms with Gasteiger partial charge in [0.1, 0.15) is 11.9 Å². The van der Waals surface area contributed by atoms with Crippen molar-refractivity contribution in [2.24, 2.45) is 5.73 Å². The Kier molecular flexibility index (Phi) is 5.11. The van der Waals surface area contributed by atoms with Crippen molar-refractivity contribution in [3.05, 3.63) is 47.3 Å². The third-order valence-corrected chi connectivity index (χ3v) is 2.14. The molecule has 1 aromatic carbocycles. The van der Waals surface area contributed by atoms with E-state index < -0.39 is 17.4 Å². The number of rotatable bonds is 4. The smallest absolute Gasteiger partial charge is 0.352 e. The molecule has 6 heteroatoms. The zero-order valence-corrected chi connectivity index (χ0v) is 10.3. The zero-order chi connectivity index (χ0) is 14.3. The number of ether oxygens (including phenoxy) is 1. The van der Waals surface area contributed by atoms with E-state index in [-0.39, 0.29) is 12.4 Å². The molecule has 0 heterocycles. The Balaban J connectivity index is 2.88. The lowest BCUT2D eigenvalue weighted by Gasteiger charge is -2.07. The second kappa shape index (κ2) is 6.81. The summed E-state index contributed by atoms with van der Waals surface area (Å²) in [4.78, 5) is 23.2. The number of nitrogens with one attached hydrogen (secondary N) is 1. The van der Waals surface area contributed by atoms with Crippen molar-refractivity contribution in [1.29, 1.82) is 5.26 Å². The molecule has 0 aromatic heterocycles. The number of benzene rings is 1. The predicted molar refractivity (Wildman–Crippen MR) is 67.4 cm³/mol. The van der Waals surface area contributed by atoms with Gasteiger partial charge in [0.25, 0.3) is 5.91 Å². The topological polar surface area (TPSA) is 105 Å². The number of amides is 1. The predicted octanol–water partition coefficient (Wildman–Crippen LogP) is 0.673. The summed E-state index contributed by atoms with van der Waals surface area (Å²) in [6, 6.07) is 9.90. The maximum Gasteiger partial charge on any atom is 0.352 e. The van der Waals surface area contributed by atoms with Crippen LogP contribution in [0.2, 0.25) is 0 Å². The largest absolute Gasteiger partial charge is 0.462 e. The number of nitrogens with zero attached hydrogens (tertiary/aromatic N) is 1. The maximum atomic E-state index is 11.8. The third kappa shape index (κ3) is 3.85. The quantitative estimate of drug-likeness (QED) is 0.469. The van der Waals surface area contributed by atoms with Crippen molar-refractivity contribution >= 4 is 11.9 Å². The molecular formula is C13H13N3O3. The Morgan fingerprint density at radius 3 is 2.53 bits per heavy atom. The second-order valence-electron chi connectivity index (χ2n) is 3.44. The molecule has 98 valence electrons. The number of nitrogens with two attached hydrogens (primary N) is 1. The molecule has 0 aliphatic heterocycles. The Morgan fingerprint density at radius 2 is 2.00 bits per heavy atom. The van der Waals surface area contributed by atoms with E-state index in [4.69, 9.17) is 11.0 Å². The molecule has 6 nitrogen and oxygen atoms in total. The van der Waals surface area contributed by atoms with Crippen molar-refractivity contribution in [2.75, 3.05) is 6.61 Å². The Bertz CT molecular complexity index is 544. The summed E-state index contributed by atoms with van der Waals surface area (Å²) < 4.78 is 4.65. The first kappa shape index (κ1) is 14.3. The van der Waals surface area contributed by atoms with E-state index in [0.717, 1.165) is 0 Å². The van der Waals surface area contributed by atoms with Crippen LogP contribution in [0.25, 0.3) is 0 Å². The number of nitriles is 1. The van der Waals surface area contributed by atoms with Crippen molar-refractivity contribution in [3.8, 4) is 6.07 Å². The van der Waals surface area contributed by atoms with Crippen LogP contribution in [0, 0.1) is 11.3 Å². The summed E-state index contributed by atoms with van der Waals surface area (Å²) in [6.07, 6.45) is 0. The van der Waals surface area contributed by atoms with Gasteiger partial charge in [-0.3, -0.25) is 4.79 Å². The van der Waals surface area contributed by atoms with Gasteiger partial charge in [-0.25, -0.2) is 4.79 Å². The van der Waals surface area contributed by atoms with E-state index in [1.54, 1.807) is 43.3 Å². The van der Waals surface area contributed by atoms with E-state index in [0.29, 0.717) is 5.56 Å². The van der Waals surface area contributed by atoms with Gasteiger partial charge in [0, 0.05) is 5.56 Å². The van der Waals surface area contributed by atoms with Gasteiger partial charge in [-0.2, -0.15) is 5.26 Å². The fourth-order valence-corrected chi connectivity index (χ4v) is 1.27. The number of esters is 1. The minimum Gasteiger partial charge on any atom is -0.462 e. The van der Waals surface area contributed by atoms with E-state index in [2.05, 4.69) is 10.1 Å². The highest BCUT2D eigenvalue weighted by Gasteiger charge is 2.16. The van der Waals surface area contributed by atoms with E-state index in [1.165, 1.54) is 0 Å². The summed E-state index contributed by atoms with van der Waals surface area (Å²) in [5.41, 5.74) is 5.46. The Hall–Kier alpha value is -2.81. The van der Waals surface area contributed by atoms with Gasteiger partial charge in [0.2, 0.25) is 0 Å². The highest BCUT2D eigenvalue weighted by molar-refractivity contribution is 5.98. The van der Waals surface area contributed by atoms with Crippen LogP contribution in [0.15, 0.2) is 41.7 Å². The molecule has 0 saturated carbocycles. The van der Waals surface area contributed by atoms with Crippen molar-refractivity contribution in [2.45, 2.75) is 6.92 Å². The van der Waals surface area contributed by atoms with E-state index in [1.807, 2.05) is 0 Å². The third-order valence-electron chi connectivity index (χ3n) is 2.14. The number of carbonyl (C=O) groups is 2. The normalized spacial score (nSPS) is 10.9. The van der Waals surface area contributed by atoms with Crippen molar-refractivity contribution in [1.82, 2.24) is 5.32 Å². The monoisotopic (exact) mass is 259 g/mol. The molecule has 0 bridgehead atoms. The highest BCUT2D eigenvalue weighted by atomic mass is 16.5. The molecule has 0 saturated heterocycles. The standard InChI is InChI=1S/C13H13N3O3/c1-2-19-13(18)10(8-14)11(15)16-12(17)9-6-4-3-5-7-9/h3-7H,2,15H2,1H3,(H,16,17)/b11-10-. The van der Waals surface area contributed by atoms with Crippen LogP contribution in [0.3, 0.4) is 0 Å². The Labute approximate surface area is 110 Å². The minimum atomic E-state index is -0.865. The number of hydrogen-bond acceptors (Lipinski definition) is 5. The van der Waals surface area contributed by atoms with Crippen molar-refractivity contribution < 1.29 is 14.3 Å². The number of hydrogen-bond donors (Lipinski definition) is 2. The van der Waals surface area contributed by atoms with Crippen LogP contribution in [0.1, 0.15) is 17.3 Å². The van der Waals surface area contributed by atoms with Crippen molar-refractivity contribution in [3.63, 3.8) is 0 Å². The average molecular weight is 259 g/mol. The molecule has 0 aliphatic carbocycles. The molecule has 0 atom stereocenters. The molecule has 0 fully saturated rings. The van der Waals surface area contributed by atoms with Gasteiger partial charge in [-0.1, -0.05) is 18.2 Å². The lowest BCUT2D eigenvalue weighted by Crippen LogP contribution is -2.30. The fraction of sp³-hybridized carbons (Fsp3) is 0.154. The highest BCUT2D eigenvalue weighted by Crippen LogP contribution is 2.02. The molecule has 1 rings (SSSR count). The first-order valence-corrected chi connectivity index (χ1v) is 5.53. The molecule has 0 radical (unpaired) electrons. The summed E-state index contributed by atoms with van der Waals surface area (Å²) in [6.45, 7) is 1.72. The van der Waals surface area contributed by atoms with Crippen LogP contribution in [0.5, 0.6) is 0 Å². The second-order valence-corrected chi connectivity index (χ2v) is 3.44.